The van der Waals surface area contributed by atoms with Gasteiger partial charge in [0.1, 0.15) is 0 Å². The van der Waals surface area contributed by atoms with Gasteiger partial charge in [0, 0.05) is 4.91 Å². The van der Waals surface area contributed by atoms with E-state index in [1.807, 2.05) is 0 Å². The SMILES string of the molecule is [N-]=[N+]=Nc1nc2nc3nc4c2n1OP(=O)(ON4)O3. The van der Waals surface area contributed by atoms with Crippen molar-refractivity contribution in [2.75, 3.05) is 5.48 Å². The number of nitrogens with zero attached hydrogens (tertiary/aromatic N) is 7. The molecule has 2 aliphatic rings. The van der Waals surface area contributed by atoms with E-state index in [4.69, 9.17) is 19.3 Å². The van der Waals surface area contributed by atoms with E-state index in [2.05, 4.69) is 30.5 Å². The van der Waals surface area contributed by atoms with E-state index in [0.29, 0.717) is 0 Å². The first-order valence-corrected chi connectivity index (χ1v) is 5.94. The number of anilines is 1. The summed E-state index contributed by atoms with van der Waals surface area (Å²) in [7, 11) is -3.99. The summed E-state index contributed by atoms with van der Waals surface area (Å²) >= 11 is 0. The van der Waals surface area contributed by atoms with Crippen LogP contribution < -0.4 is 14.6 Å². The van der Waals surface area contributed by atoms with Crippen molar-refractivity contribution in [3.05, 3.63) is 10.4 Å². The van der Waals surface area contributed by atoms with Gasteiger partial charge in [-0.05, 0) is 10.6 Å². The molecule has 18 heavy (non-hydrogen) atoms. The topological polar surface area (TPSA) is 149 Å². The summed E-state index contributed by atoms with van der Waals surface area (Å²) < 4.78 is 27.7. The first kappa shape index (κ1) is 9.48. The molecular formula is C5HN8O4P. The fraction of sp³-hybridized carbons (Fsp3) is 0. The van der Waals surface area contributed by atoms with Gasteiger partial charge in [0.25, 0.3) is 0 Å². The van der Waals surface area contributed by atoms with Crippen LogP contribution in [0.25, 0.3) is 21.6 Å². The molecule has 0 radical (unpaired) electrons. The second-order valence-electron chi connectivity index (χ2n) is 3.24. The second kappa shape index (κ2) is 2.82. The molecule has 0 amide bonds. The minimum absolute atomic E-state index is 0.150. The molecule has 3 bridgehead atoms. The number of hydrogen-bond donors (Lipinski definition) is 1. The number of azide groups is 1. The van der Waals surface area contributed by atoms with Gasteiger partial charge in [-0.1, -0.05) is 0 Å². The van der Waals surface area contributed by atoms with Crippen molar-refractivity contribution in [3.8, 4) is 6.01 Å². The molecule has 4 rings (SSSR count). The molecule has 2 aliphatic heterocycles. The predicted octanol–water partition coefficient (Wildman–Crippen LogP) is 1.05. The highest BCUT2D eigenvalue weighted by Crippen LogP contribution is 2.51. The average molecular weight is 268 g/mol. The van der Waals surface area contributed by atoms with Crippen LogP contribution in [0.4, 0.5) is 11.8 Å². The minimum Gasteiger partial charge on any atom is -0.356 e. The average Bonchev–Trinajstić information content (AvgIpc) is 2.49. The number of aromatic nitrogens is 4. The summed E-state index contributed by atoms with van der Waals surface area (Å²) in [5.74, 6) is -0.0321. The summed E-state index contributed by atoms with van der Waals surface area (Å²) in [5, 5.41) is 3.30. The van der Waals surface area contributed by atoms with Gasteiger partial charge < -0.3 is 4.52 Å². The number of imidazole rings is 1. The quantitative estimate of drug-likeness (QED) is 0.349. The Morgan fingerprint density at radius 1 is 1.44 bits per heavy atom. The van der Waals surface area contributed by atoms with Crippen molar-refractivity contribution >= 4 is 30.8 Å². The van der Waals surface area contributed by atoms with Crippen LogP contribution in [0.2, 0.25) is 0 Å². The van der Waals surface area contributed by atoms with Crippen molar-refractivity contribution < 1.29 is 18.3 Å². The summed E-state index contributed by atoms with van der Waals surface area (Å²) in [6.45, 7) is 0. The van der Waals surface area contributed by atoms with Crippen LogP contribution in [-0.4, -0.2) is 19.7 Å². The Balaban J connectivity index is 2.20. The molecule has 0 spiro atoms. The molecule has 90 valence electrons. The minimum atomic E-state index is -3.99. The lowest BCUT2D eigenvalue weighted by Crippen LogP contribution is -2.14. The van der Waals surface area contributed by atoms with Crippen molar-refractivity contribution in [2.45, 2.75) is 0 Å². The molecule has 0 saturated carbocycles. The Hall–Kier alpha value is -2.55. The first-order valence-electron chi connectivity index (χ1n) is 4.48. The molecule has 0 saturated heterocycles. The van der Waals surface area contributed by atoms with Gasteiger partial charge >= 0.3 is 13.8 Å². The molecule has 1 atom stereocenters. The van der Waals surface area contributed by atoms with Crippen LogP contribution in [0, 0.1) is 0 Å². The molecule has 12 nitrogen and oxygen atoms in total. The number of phosphoric acid groups is 1. The Labute approximate surface area is 96.7 Å². The number of nitrogens with one attached hydrogen (secondary N) is 1. The molecule has 0 aromatic carbocycles. The van der Waals surface area contributed by atoms with Gasteiger partial charge in [0.2, 0.25) is 5.95 Å². The second-order valence-corrected chi connectivity index (χ2v) is 4.66. The summed E-state index contributed by atoms with van der Waals surface area (Å²) in [4.78, 5) is 14.3. The maximum atomic E-state index is 12.1. The Morgan fingerprint density at radius 3 is 3.17 bits per heavy atom. The zero-order valence-electron chi connectivity index (χ0n) is 8.21. The zero-order valence-corrected chi connectivity index (χ0v) is 9.11. The van der Waals surface area contributed by atoms with Gasteiger partial charge in [-0.2, -0.15) is 9.97 Å². The van der Waals surface area contributed by atoms with E-state index in [-0.39, 0.29) is 28.9 Å². The van der Waals surface area contributed by atoms with Crippen LogP contribution in [-0.2, 0) is 9.19 Å². The predicted molar refractivity (Wildman–Crippen MR) is 53.7 cm³/mol. The van der Waals surface area contributed by atoms with Crippen molar-refractivity contribution in [1.29, 1.82) is 0 Å². The van der Waals surface area contributed by atoms with Gasteiger partial charge in [-0.3, -0.25) is 4.62 Å². The Morgan fingerprint density at radius 2 is 2.33 bits per heavy atom. The van der Waals surface area contributed by atoms with Gasteiger partial charge in [0.05, 0.1) is 0 Å². The van der Waals surface area contributed by atoms with Crippen LogP contribution in [0.3, 0.4) is 0 Å². The normalized spacial score (nSPS) is 22.9. The summed E-state index contributed by atoms with van der Waals surface area (Å²) in [5.41, 5.74) is 11.2. The van der Waals surface area contributed by atoms with E-state index in [9.17, 15) is 4.57 Å². The highest BCUT2D eigenvalue weighted by molar-refractivity contribution is 7.49. The number of hydrogen-bond acceptors (Lipinski definition) is 9. The highest BCUT2D eigenvalue weighted by Gasteiger charge is 2.42. The van der Waals surface area contributed by atoms with Crippen LogP contribution >= 0.6 is 7.82 Å². The lowest BCUT2D eigenvalue weighted by Gasteiger charge is -2.14. The first-order chi connectivity index (χ1) is 8.68. The lowest BCUT2D eigenvalue weighted by molar-refractivity contribution is 0.174. The molecule has 13 heteroatoms. The zero-order chi connectivity index (χ0) is 12.3. The number of rotatable bonds is 1. The molecule has 2 aromatic rings. The van der Waals surface area contributed by atoms with Crippen molar-refractivity contribution in [2.24, 2.45) is 5.11 Å². The molecule has 4 heterocycles. The van der Waals surface area contributed by atoms with E-state index in [1.54, 1.807) is 0 Å². The van der Waals surface area contributed by atoms with Gasteiger partial charge in [-0.15, -0.1) is 9.35 Å². The van der Waals surface area contributed by atoms with Crippen LogP contribution in [0.15, 0.2) is 5.11 Å². The fourth-order valence-corrected chi connectivity index (χ4v) is 2.51. The van der Waals surface area contributed by atoms with Gasteiger partial charge in [-0.25, -0.2) is 15.0 Å². The molecule has 0 fully saturated rings. The maximum Gasteiger partial charge on any atom is 0.631 e. The summed E-state index contributed by atoms with van der Waals surface area (Å²) in [6.07, 6.45) is 0. The monoisotopic (exact) mass is 268 g/mol. The standard InChI is InChI=1S/C5HN8O4P/c6-12-10-4-7-2-1-3-9-5(8-2)15-18(14,16-11-3)17-13(1)4/h(H,8,9,11). The third-order valence-corrected chi connectivity index (χ3v) is 3.26. The van der Waals surface area contributed by atoms with E-state index >= 15 is 0 Å². The lowest BCUT2D eigenvalue weighted by atomic mass is 10.5. The molecule has 1 unspecified atom stereocenters. The molecule has 1 N–H and O–H groups in total. The third kappa shape index (κ3) is 1.06. The van der Waals surface area contributed by atoms with Crippen LogP contribution in [0.1, 0.15) is 0 Å². The van der Waals surface area contributed by atoms with Crippen LogP contribution in [0.5, 0.6) is 6.01 Å². The Bertz CT molecular complexity index is 792. The molecule has 2 aromatic heterocycles. The maximum absolute atomic E-state index is 12.1. The van der Waals surface area contributed by atoms with E-state index in [1.165, 1.54) is 0 Å². The highest BCUT2D eigenvalue weighted by atomic mass is 31.2. The molecule has 0 aliphatic carbocycles. The Kier molecular flexibility index (Phi) is 1.48. The smallest absolute Gasteiger partial charge is 0.356 e. The molecular weight excluding hydrogens is 267 g/mol. The number of fused-ring (bicyclic) bond motifs is 3. The largest absolute Gasteiger partial charge is 0.631 e. The van der Waals surface area contributed by atoms with E-state index in [0.717, 1.165) is 4.73 Å². The van der Waals surface area contributed by atoms with Gasteiger partial charge in [0.15, 0.2) is 17.0 Å². The van der Waals surface area contributed by atoms with Crippen molar-refractivity contribution in [3.63, 3.8) is 0 Å². The van der Waals surface area contributed by atoms with E-state index < -0.39 is 7.82 Å². The third-order valence-electron chi connectivity index (χ3n) is 2.20. The fourth-order valence-electron chi connectivity index (χ4n) is 1.57. The van der Waals surface area contributed by atoms with Crippen molar-refractivity contribution in [1.82, 2.24) is 19.7 Å². The summed E-state index contributed by atoms with van der Waals surface area (Å²) in [6, 6.07) is -0.206.